The fourth-order valence-electron chi connectivity index (χ4n) is 2.66. The number of nitrogens with two attached hydrogens (primary N) is 1. The van der Waals surface area contributed by atoms with E-state index in [-0.39, 0.29) is 0 Å². The van der Waals surface area contributed by atoms with E-state index in [1.807, 2.05) is 12.1 Å². The SMILES string of the molecule is NCCC1CCCN(Cc2cccc(Cl)c2)C1. The van der Waals surface area contributed by atoms with Gasteiger partial charge in [0.1, 0.15) is 0 Å². The van der Waals surface area contributed by atoms with E-state index >= 15 is 0 Å². The Balaban J connectivity index is 1.90. The number of likely N-dealkylation sites (tertiary alicyclic amines) is 1. The molecule has 1 aliphatic heterocycles. The third kappa shape index (κ3) is 3.98. The molecule has 2 N–H and O–H groups in total. The third-order valence-corrected chi connectivity index (χ3v) is 3.71. The van der Waals surface area contributed by atoms with Gasteiger partial charge in [-0.05, 0) is 56.0 Å². The average molecular weight is 253 g/mol. The van der Waals surface area contributed by atoms with Crippen LogP contribution in [0.1, 0.15) is 24.8 Å². The molecule has 0 spiro atoms. The smallest absolute Gasteiger partial charge is 0.0409 e. The minimum atomic E-state index is 0.785. The van der Waals surface area contributed by atoms with Crippen LogP contribution < -0.4 is 5.73 Å². The van der Waals surface area contributed by atoms with Crippen LogP contribution in [0.2, 0.25) is 5.02 Å². The van der Waals surface area contributed by atoms with Gasteiger partial charge < -0.3 is 5.73 Å². The highest BCUT2D eigenvalue weighted by atomic mass is 35.5. The first-order chi connectivity index (χ1) is 8.28. The van der Waals surface area contributed by atoms with Gasteiger partial charge in [0.15, 0.2) is 0 Å². The standard InChI is InChI=1S/C14H21ClN2/c15-14-5-1-3-13(9-14)11-17-8-2-4-12(10-17)6-7-16/h1,3,5,9,12H,2,4,6-8,10-11,16H2. The molecule has 94 valence electrons. The van der Waals surface area contributed by atoms with Crippen LogP contribution in [0.4, 0.5) is 0 Å². The second-order valence-corrected chi connectivity index (χ2v) is 5.39. The number of benzene rings is 1. The lowest BCUT2D eigenvalue weighted by Gasteiger charge is -2.32. The Morgan fingerprint density at radius 2 is 2.29 bits per heavy atom. The van der Waals surface area contributed by atoms with Gasteiger partial charge in [0.05, 0.1) is 0 Å². The number of piperidine rings is 1. The summed E-state index contributed by atoms with van der Waals surface area (Å²) in [6.07, 6.45) is 3.79. The van der Waals surface area contributed by atoms with E-state index in [0.717, 1.165) is 30.5 Å². The molecule has 0 radical (unpaired) electrons. The Hall–Kier alpha value is -0.570. The molecule has 2 rings (SSSR count). The first kappa shape index (κ1) is 12.9. The molecule has 0 bridgehead atoms. The fraction of sp³-hybridized carbons (Fsp3) is 0.571. The lowest BCUT2D eigenvalue weighted by Crippen LogP contribution is -2.35. The van der Waals surface area contributed by atoms with Crippen LogP contribution in [0, 0.1) is 5.92 Å². The molecule has 0 aliphatic carbocycles. The van der Waals surface area contributed by atoms with Crippen LogP contribution in [-0.2, 0) is 6.54 Å². The van der Waals surface area contributed by atoms with E-state index < -0.39 is 0 Å². The minimum absolute atomic E-state index is 0.785. The van der Waals surface area contributed by atoms with Crippen molar-refractivity contribution in [3.63, 3.8) is 0 Å². The number of nitrogens with zero attached hydrogens (tertiary/aromatic N) is 1. The van der Waals surface area contributed by atoms with Crippen molar-refractivity contribution < 1.29 is 0 Å². The Labute approximate surface area is 109 Å². The maximum Gasteiger partial charge on any atom is 0.0409 e. The van der Waals surface area contributed by atoms with Crippen LogP contribution in [-0.4, -0.2) is 24.5 Å². The molecule has 2 nitrogen and oxygen atoms in total. The van der Waals surface area contributed by atoms with Gasteiger partial charge in [-0.2, -0.15) is 0 Å². The molecular formula is C14H21ClN2. The quantitative estimate of drug-likeness (QED) is 0.893. The minimum Gasteiger partial charge on any atom is -0.330 e. The van der Waals surface area contributed by atoms with Gasteiger partial charge in [-0.25, -0.2) is 0 Å². The van der Waals surface area contributed by atoms with Crippen LogP contribution in [0.25, 0.3) is 0 Å². The van der Waals surface area contributed by atoms with Gasteiger partial charge in [-0.3, -0.25) is 4.90 Å². The summed E-state index contributed by atoms with van der Waals surface area (Å²) in [5.41, 5.74) is 6.95. The van der Waals surface area contributed by atoms with Gasteiger partial charge in [0.25, 0.3) is 0 Å². The van der Waals surface area contributed by atoms with E-state index in [4.69, 9.17) is 17.3 Å². The largest absolute Gasteiger partial charge is 0.330 e. The van der Waals surface area contributed by atoms with Gasteiger partial charge in [-0.1, -0.05) is 23.7 Å². The predicted molar refractivity (Wildman–Crippen MR) is 73.1 cm³/mol. The summed E-state index contributed by atoms with van der Waals surface area (Å²) >= 11 is 6.01. The van der Waals surface area contributed by atoms with Crippen LogP contribution in [0.5, 0.6) is 0 Å². The molecule has 17 heavy (non-hydrogen) atoms. The highest BCUT2D eigenvalue weighted by Crippen LogP contribution is 2.21. The zero-order chi connectivity index (χ0) is 12.1. The lowest BCUT2D eigenvalue weighted by atomic mass is 9.94. The Morgan fingerprint density at radius 3 is 3.06 bits per heavy atom. The molecule has 0 amide bonds. The van der Waals surface area contributed by atoms with Crippen molar-refractivity contribution in [2.24, 2.45) is 11.7 Å². The molecule has 1 saturated heterocycles. The predicted octanol–water partition coefficient (Wildman–Crippen LogP) is 2.90. The van der Waals surface area contributed by atoms with Gasteiger partial charge >= 0.3 is 0 Å². The normalized spacial score (nSPS) is 21.6. The fourth-order valence-corrected chi connectivity index (χ4v) is 2.87. The topological polar surface area (TPSA) is 29.3 Å². The van der Waals surface area contributed by atoms with Crippen molar-refractivity contribution in [1.29, 1.82) is 0 Å². The van der Waals surface area contributed by atoms with E-state index in [2.05, 4.69) is 17.0 Å². The Kier molecular flexibility index (Phi) is 4.84. The zero-order valence-electron chi connectivity index (χ0n) is 10.2. The molecule has 1 unspecified atom stereocenters. The summed E-state index contributed by atoms with van der Waals surface area (Å²) in [4.78, 5) is 2.52. The van der Waals surface area contributed by atoms with E-state index in [0.29, 0.717) is 0 Å². The first-order valence-electron chi connectivity index (χ1n) is 6.45. The van der Waals surface area contributed by atoms with Crippen molar-refractivity contribution in [3.05, 3.63) is 34.9 Å². The highest BCUT2D eigenvalue weighted by Gasteiger charge is 2.19. The lowest BCUT2D eigenvalue weighted by molar-refractivity contribution is 0.163. The monoisotopic (exact) mass is 252 g/mol. The Bertz CT molecular complexity index is 352. The second kappa shape index (κ2) is 6.39. The highest BCUT2D eigenvalue weighted by molar-refractivity contribution is 6.30. The number of rotatable bonds is 4. The molecule has 1 heterocycles. The molecule has 1 atom stereocenters. The molecule has 1 aliphatic rings. The summed E-state index contributed by atoms with van der Waals surface area (Å²) in [5, 5.41) is 0.831. The van der Waals surface area contributed by atoms with Crippen molar-refractivity contribution in [2.45, 2.75) is 25.8 Å². The van der Waals surface area contributed by atoms with Gasteiger partial charge in [-0.15, -0.1) is 0 Å². The number of hydrogen-bond donors (Lipinski definition) is 1. The molecule has 0 aromatic heterocycles. The summed E-state index contributed by atoms with van der Waals surface area (Å²) in [5.74, 6) is 0.785. The van der Waals surface area contributed by atoms with Crippen LogP contribution >= 0.6 is 11.6 Å². The van der Waals surface area contributed by atoms with Crippen molar-refractivity contribution in [3.8, 4) is 0 Å². The molecule has 1 fully saturated rings. The number of halogens is 1. The van der Waals surface area contributed by atoms with Crippen LogP contribution in [0.15, 0.2) is 24.3 Å². The summed E-state index contributed by atoms with van der Waals surface area (Å²) in [6.45, 7) is 4.22. The Morgan fingerprint density at radius 1 is 1.41 bits per heavy atom. The molecular weight excluding hydrogens is 232 g/mol. The maximum absolute atomic E-state index is 6.01. The second-order valence-electron chi connectivity index (χ2n) is 4.95. The first-order valence-corrected chi connectivity index (χ1v) is 6.82. The van der Waals surface area contributed by atoms with E-state index in [9.17, 15) is 0 Å². The molecule has 0 saturated carbocycles. The van der Waals surface area contributed by atoms with Crippen LogP contribution in [0.3, 0.4) is 0 Å². The zero-order valence-corrected chi connectivity index (χ0v) is 11.0. The van der Waals surface area contributed by atoms with E-state index in [1.165, 1.54) is 31.5 Å². The number of hydrogen-bond acceptors (Lipinski definition) is 2. The summed E-state index contributed by atoms with van der Waals surface area (Å²) < 4.78 is 0. The average Bonchev–Trinajstić information content (AvgIpc) is 2.30. The maximum atomic E-state index is 6.01. The summed E-state index contributed by atoms with van der Waals surface area (Å²) in [7, 11) is 0. The van der Waals surface area contributed by atoms with Crippen molar-refractivity contribution >= 4 is 11.6 Å². The van der Waals surface area contributed by atoms with E-state index in [1.54, 1.807) is 0 Å². The van der Waals surface area contributed by atoms with Gasteiger partial charge in [0, 0.05) is 18.1 Å². The third-order valence-electron chi connectivity index (χ3n) is 3.47. The molecule has 1 aromatic carbocycles. The summed E-state index contributed by atoms with van der Waals surface area (Å²) in [6, 6.07) is 8.17. The molecule has 1 aromatic rings. The van der Waals surface area contributed by atoms with Crippen molar-refractivity contribution in [1.82, 2.24) is 4.90 Å². The van der Waals surface area contributed by atoms with Gasteiger partial charge in [0.2, 0.25) is 0 Å². The molecule has 3 heteroatoms. The van der Waals surface area contributed by atoms with Crippen molar-refractivity contribution in [2.75, 3.05) is 19.6 Å².